The summed E-state index contributed by atoms with van der Waals surface area (Å²) in [5, 5.41) is 2.80. The van der Waals surface area contributed by atoms with Crippen LogP contribution in [0.15, 0.2) is 51.8 Å². The van der Waals surface area contributed by atoms with Crippen molar-refractivity contribution in [3.8, 4) is 0 Å². The number of hydrogen-bond acceptors (Lipinski definition) is 7. The Morgan fingerprint density at radius 2 is 1.96 bits per heavy atom. The average Bonchev–Trinajstić information content (AvgIpc) is 3.03. The van der Waals surface area contributed by atoms with E-state index in [1.807, 2.05) is 12.1 Å². The van der Waals surface area contributed by atoms with E-state index in [0.29, 0.717) is 34.0 Å². The molecule has 0 radical (unpaired) electrons. The Hall–Kier alpha value is -3.06. The molecule has 0 amide bonds. The Morgan fingerprint density at radius 3 is 2.75 bits per heavy atom. The molecule has 0 bridgehead atoms. The molecule has 0 aliphatic rings. The molecular weight excluding hydrogens is 374 g/mol. The summed E-state index contributed by atoms with van der Waals surface area (Å²) in [7, 11) is 0. The predicted octanol–water partition coefficient (Wildman–Crippen LogP) is 4.74. The highest BCUT2D eigenvalue weighted by molar-refractivity contribution is 7.98. The normalized spacial score (nSPS) is 11.2. The van der Waals surface area contributed by atoms with Crippen LogP contribution < -0.4 is 5.73 Å². The number of benzene rings is 2. The van der Waals surface area contributed by atoms with Gasteiger partial charge in [-0.3, -0.25) is 0 Å². The highest BCUT2D eigenvalue weighted by Crippen LogP contribution is 2.31. The van der Waals surface area contributed by atoms with Gasteiger partial charge in [0.25, 0.3) is 0 Å². The van der Waals surface area contributed by atoms with Crippen LogP contribution in [0.25, 0.3) is 21.9 Å². The first-order valence-corrected chi connectivity index (χ1v) is 9.89. The second kappa shape index (κ2) is 7.52. The van der Waals surface area contributed by atoms with Gasteiger partial charge in [-0.05, 0) is 36.8 Å². The lowest BCUT2D eigenvalue weighted by Gasteiger charge is -2.05. The van der Waals surface area contributed by atoms with Gasteiger partial charge in [0.15, 0.2) is 0 Å². The van der Waals surface area contributed by atoms with Crippen LogP contribution in [0.1, 0.15) is 28.9 Å². The number of thioether (sulfide) groups is 1. The molecule has 7 heteroatoms. The summed E-state index contributed by atoms with van der Waals surface area (Å²) in [5.41, 5.74) is 6.72. The Kier molecular flexibility index (Phi) is 4.92. The van der Waals surface area contributed by atoms with Crippen molar-refractivity contribution in [2.24, 2.45) is 0 Å². The summed E-state index contributed by atoms with van der Waals surface area (Å²) < 4.78 is 10.7. The molecule has 0 aliphatic carbocycles. The highest BCUT2D eigenvalue weighted by Gasteiger charge is 2.23. The summed E-state index contributed by atoms with van der Waals surface area (Å²) in [6.45, 7) is 3.71. The summed E-state index contributed by atoms with van der Waals surface area (Å²) in [6.07, 6.45) is 0. The lowest BCUT2D eigenvalue weighted by molar-refractivity contribution is 0.0526. The number of aryl methyl sites for hydroxylation is 1. The molecule has 0 atom stereocenters. The Morgan fingerprint density at radius 1 is 1.18 bits per heavy atom. The van der Waals surface area contributed by atoms with Gasteiger partial charge in [0.2, 0.25) is 5.71 Å². The number of fused-ring (bicyclic) bond motifs is 2. The Balaban J connectivity index is 1.61. The fourth-order valence-corrected chi connectivity index (χ4v) is 3.90. The molecule has 0 spiro atoms. The minimum absolute atomic E-state index is 0.221. The van der Waals surface area contributed by atoms with E-state index in [1.54, 1.807) is 25.6 Å². The van der Waals surface area contributed by atoms with Gasteiger partial charge in [-0.25, -0.2) is 9.78 Å². The monoisotopic (exact) mass is 393 g/mol. The third-order valence-electron chi connectivity index (χ3n) is 4.37. The molecule has 0 unspecified atom stereocenters. The van der Waals surface area contributed by atoms with Gasteiger partial charge < -0.3 is 14.9 Å². The van der Waals surface area contributed by atoms with E-state index in [1.165, 1.54) is 10.8 Å². The number of rotatable bonds is 5. The smallest absolute Gasteiger partial charge is 0.342 e. The maximum absolute atomic E-state index is 12.2. The molecule has 142 valence electrons. The lowest BCUT2D eigenvalue weighted by atomic mass is 10.1. The predicted molar refractivity (Wildman–Crippen MR) is 110 cm³/mol. The molecule has 2 N–H and O–H groups in total. The largest absolute Gasteiger partial charge is 0.462 e. The molecule has 2 heterocycles. The molecule has 4 aromatic rings. The van der Waals surface area contributed by atoms with Crippen LogP contribution in [0, 0.1) is 6.92 Å². The molecule has 0 fully saturated rings. The van der Waals surface area contributed by atoms with Crippen molar-refractivity contribution in [1.82, 2.24) is 9.97 Å². The van der Waals surface area contributed by atoms with Crippen molar-refractivity contribution < 1.29 is 13.9 Å². The molecule has 6 nitrogen and oxygen atoms in total. The highest BCUT2D eigenvalue weighted by atomic mass is 32.2. The minimum atomic E-state index is -0.479. The average molecular weight is 393 g/mol. The van der Waals surface area contributed by atoms with E-state index in [9.17, 15) is 4.79 Å². The van der Waals surface area contributed by atoms with Crippen LogP contribution >= 0.6 is 11.8 Å². The third kappa shape index (κ3) is 3.41. The number of carbonyl (C=O) groups is 1. The van der Waals surface area contributed by atoms with Gasteiger partial charge in [-0.15, -0.1) is 11.8 Å². The van der Waals surface area contributed by atoms with E-state index < -0.39 is 5.97 Å². The van der Waals surface area contributed by atoms with E-state index in [0.717, 1.165) is 4.90 Å². The molecular formula is C21H19N3O3S. The van der Waals surface area contributed by atoms with Gasteiger partial charge in [0.05, 0.1) is 17.7 Å². The van der Waals surface area contributed by atoms with Crippen molar-refractivity contribution in [1.29, 1.82) is 0 Å². The maximum Gasteiger partial charge on any atom is 0.342 e. The number of furan rings is 1. The first-order valence-electron chi connectivity index (χ1n) is 8.91. The van der Waals surface area contributed by atoms with Gasteiger partial charge in [0.1, 0.15) is 23.0 Å². The number of nitrogens with zero attached hydrogens (tertiary/aromatic N) is 2. The van der Waals surface area contributed by atoms with Crippen molar-refractivity contribution in [3.63, 3.8) is 0 Å². The molecule has 2 aromatic carbocycles. The lowest BCUT2D eigenvalue weighted by Crippen LogP contribution is -2.07. The van der Waals surface area contributed by atoms with Crippen molar-refractivity contribution in [2.45, 2.75) is 24.5 Å². The first kappa shape index (κ1) is 18.3. The molecule has 0 aliphatic heterocycles. The van der Waals surface area contributed by atoms with Crippen LogP contribution in [0.5, 0.6) is 0 Å². The molecule has 28 heavy (non-hydrogen) atoms. The van der Waals surface area contributed by atoms with E-state index in [2.05, 4.69) is 40.3 Å². The number of esters is 1. The number of nitrogens with two attached hydrogens (primary N) is 1. The van der Waals surface area contributed by atoms with Crippen LogP contribution in [-0.4, -0.2) is 22.5 Å². The summed E-state index contributed by atoms with van der Waals surface area (Å²) in [6, 6.07) is 14.5. The second-order valence-electron chi connectivity index (χ2n) is 6.26. The standard InChI is InChI=1S/C21H19N3O3S/c1-3-26-21(25)17-12(2)27-20-18(17)19(22)23-16(24-20)11-28-15-9-8-13-6-4-5-7-14(13)10-15/h4-10H,3,11H2,1-2H3,(H2,22,23,24). The maximum atomic E-state index is 12.2. The van der Waals surface area contributed by atoms with Gasteiger partial charge in [0, 0.05) is 4.90 Å². The zero-order chi connectivity index (χ0) is 19.7. The van der Waals surface area contributed by atoms with E-state index in [-0.39, 0.29) is 12.4 Å². The van der Waals surface area contributed by atoms with Crippen LogP contribution in [-0.2, 0) is 10.5 Å². The molecule has 0 saturated heterocycles. The zero-order valence-electron chi connectivity index (χ0n) is 15.6. The summed E-state index contributed by atoms with van der Waals surface area (Å²) in [4.78, 5) is 22.1. The van der Waals surface area contributed by atoms with E-state index >= 15 is 0 Å². The zero-order valence-corrected chi connectivity index (χ0v) is 16.4. The number of anilines is 1. The number of aromatic nitrogens is 2. The fourth-order valence-electron chi connectivity index (χ4n) is 3.10. The van der Waals surface area contributed by atoms with Crippen LogP contribution in [0.3, 0.4) is 0 Å². The SMILES string of the molecule is CCOC(=O)c1c(C)oc2nc(CSc3ccc4ccccc4c3)nc(N)c12. The Labute approximate surface area is 166 Å². The molecule has 0 saturated carbocycles. The number of nitrogen functional groups attached to an aromatic ring is 1. The number of hydrogen-bond donors (Lipinski definition) is 1. The topological polar surface area (TPSA) is 91.2 Å². The summed E-state index contributed by atoms with van der Waals surface area (Å²) in [5.74, 6) is 1.25. The third-order valence-corrected chi connectivity index (χ3v) is 5.36. The second-order valence-corrected chi connectivity index (χ2v) is 7.31. The van der Waals surface area contributed by atoms with Crippen molar-refractivity contribution >= 4 is 45.4 Å². The van der Waals surface area contributed by atoms with Gasteiger partial charge in [-0.2, -0.15) is 4.98 Å². The summed E-state index contributed by atoms with van der Waals surface area (Å²) >= 11 is 1.62. The quantitative estimate of drug-likeness (QED) is 0.387. The fraction of sp³-hybridized carbons (Fsp3) is 0.190. The number of carbonyl (C=O) groups excluding carboxylic acids is 1. The molecule has 4 rings (SSSR count). The van der Waals surface area contributed by atoms with E-state index in [4.69, 9.17) is 14.9 Å². The minimum Gasteiger partial charge on any atom is -0.462 e. The van der Waals surface area contributed by atoms with Crippen LogP contribution in [0.4, 0.5) is 5.82 Å². The first-order chi connectivity index (χ1) is 13.6. The Bertz CT molecular complexity index is 1190. The van der Waals surface area contributed by atoms with Gasteiger partial charge >= 0.3 is 5.97 Å². The van der Waals surface area contributed by atoms with Gasteiger partial charge in [-0.1, -0.05) is 30.3 Å². The van der Waals surface area contributed by atoms with Crippen molar-refractivity contribution in [3.05, 3.63) is 59.6 Å². The van der Waals surface area contributed by atoms with Crippen LogP contribution in [0.2, 0.25) is 0 Å². The van der Waals surface area contributed by atoms with Crippen molar-refractivity contribution in [2.75, 3.05) is 12.3 Å². The molecule has 2 aromatic heterocycles. The number of ether oxygens (including phenoxy) is 1.